The summed E-state index contributed by atoms with van der Waals surface area (Å²) in [7, 11) is 0. The maximum atomic E-state index is 11.9. The van der Waals surface area contributed by atoms with Crippen molar-refractivity contribution in [1.82, 2.24) is 5.32 Å². The zero-order chi connectivity index (χ0) is 14.5. The molecule has 2 aromatic rings. The van der Waals surface area contributed by atoms with Crippen LogP contribution in [0.25, 0.3) is 0 Å². The molecule has 2 rings (SSSR count). The Morgan fingerprint density at radius 3 is 2.50 bits per heavy atom. The zero-order valence-electron chi connectivity index (χ0n) is 10.4. The third-order valence-corrected chi connectivity index (χ3v) is 3.23. The molecule has 0 saturated heterocycles. The van der Waals surface area contributed by atoms with Gasteiger partial charge in [0.15, 0.2) is 5.76 Å². The van der Waals surface area contributed by atoms with Gasteiger partial charge in [0.2, 0.25) is 0 Å². The van der Waals surface area contributed by atoms with Crippen LogP contribution in [0.5, 0.6) is 0 Å². The van der Waals surface area contributed by atoms with Crippen LogP contribution >= 0.6 is 15.9 Å². The van der Waals surface area contributed by atoms with Gasteiger partial charge in [-0.25, -0.2) is 0 Å². The molecule has 0 aliphatic rings. The Hall–Kier alpha value is -2.08. The lowest BCUT2D eigenvalue weighted by Gasteiger charge is -2.16. The molecule has 0 aliphatic heterocycles. The summed E-state index contributed by atoms with van der Waals surface area (Å²) in [5, 5.41) is 11.6. The van der Waals surface area contributed by atoms with Crippen LogP contribution in [0.1, 0.15) is 28.6 Å². The monoisotopic (exact) mass is 337 g/mol. The molecule has 1 amide bonds. The number of carboxylic acid groups (broad SMARTS) is 1. The van der Waals surface area contributed by atoms with Crippen molar-refractivity contribution in [3.05, 3.63) is 58.5 Å². The number of carbonyl (C=O) groups excluding carboxylic acids is 1. The van der Waals surface area contributed by atoms with Gasteiger partial charge >= 0.3 is 5.97 Å². The Morgan fingerprint density at radius 2 is 1.95 bits per heavy atom. The summed E-state index contributed by atoms with van der Waals surface area (Å²) in [5.41, 5.74) is 0.718. The second-order valence-electron chi connectivity index (χ2n) is 4.15. The van der Waals surface area contributed by atoms with Gasteiger partial charge in [-0.05, 0) is 29.8 Å². The fraction of sp³-hybridized carbons (Fsp3) is 0.143. The Morgan fingerprint density at radius 1 is 1.25 bits per heavy atom. The first kappa shape index (κ1) is 14.3. The van der Waals surface area contributed by atoms with E-state index in [1.54, 1.807) is 30.3 Å². The number of amides is 1. The summed E-state index contributed by atoms with van der Waals surface area (Å²) in [6.45, 7) is 0. The maximum Gasteiger partial charge on any atom is 0.305 e. The summed E-state index contributed by atoms with van der Waals surface area (Å²) in [4.78, 5) is 22.9. The highest BCUT2D eigenvalue weighted by Gasteiger charge is 2.20. The molecular formula is C14H12BrNO4. The second-order valence-corrected chi connectivity index (χ2v) is 5.07. The highest BCUT2D eigenvalue weighted by Crippen LogP contribution is 2.20. The van der Waals surface area contributed by atoms with Gasteiger partial charge in [-0.3, -0.25) is 9.59 Å². The SMILES string of the molecule is O=C(O)CC(NC(=O)c1ccco1)c1ccc(Br)cc1. The lowest BCUT2D eigenvalue weighted by Crippen LogP contribution is -2.29. The molecule has 0 fully saturated rings. The fourth-order valence-corrected chi connectivity index (χ4v) is 2.02. The van der Waals surface area contributed by atoms with Gasteiger partial charge in [0.05, 0.1) is 18.7 Å². The molecule has 1 aromatic carbocycles. The van der Waals surface area contributed by atoms with Crippen molar-refractivity contribution in [3.63, 3.8) is 0 Å². The molecule has 0 spiro atoms. The largest absolute Gasteiger partial charge is 0.481 e. The van der Waals surface area contributed by atoms with Crippen LogP contribution in [0.4, 0.5) is 0 Å². The molecule has 1 aromatic heterocycles. The predicted molar refractivity (Wildman–Crippen MR) is 75.3 cm³/mol. The van der Waals surface area contributed by atoms with Crippen molar-refractivity contribution in [2.45, 2.75) is 12.5 Å². The Balaban J connectivity index is 2.17. The lowest BCUT2D eigenvalue weighted by atomic mass is 10.0. The molecule has 2 N–H and O–H groups in total. The van der Waals surface area contributed by atoms with E-state index < -0.39 is 17.9 Å². The minimum atomic E-state index is -0.988. The van der Waals surface area contributed by atoms with Gasteiger partial charge in [-0.15, -0.1) is 0 Å². The number of carboxylic acids is 1. The average Bonchev–Trinajstić information content (AvgIpc) is 2.92. The van der Waals surface area contributed by atoms with Crippen LogP contribution < -0.4 is 5.32 Å². The number of furan rings is 1. The Bertz CT molecular complexity index is 592. The molecule has 5 nitrogen and oxygen atoms in total. The molecule has 0 radical (unpaired) electrons. The molecule has 1 unspecified atom stereocenters. The minimum absolute atomic E-state index is 0.150. The van der Waals surface area contributed by atoms with Crippen LogP contribution in [0, 0.1) is 0 Å². The number of hydrogen-bond donors (Lipinski definition) is 2. The number of rotatable bonds is 5. The Labute approximate surface area is 123 Å². The van der Waals surface area contributed by atoms with E-state index >= 15 is 0 Å². The van der Waals surface area contributed by atoms with E-state index in [0.29, 0.717) is 0 Å². The first-order valence-corrected chi connectivity index (χ1v) is 6.67. The summed E-state index contributed by atoms with van der Waals surface area (Å²) < 4.78 is 5.87. The third kappa shape index (κ3) is 3.71. The van der Waals surface area contributed by atoms with Crippen LogP contribution in [0.2, 0.25) is 0 Å². The molecule has 0 aliphatic carbocycles. The van der Waals surface area contributed by atoms with Crippen molar-refractivity contribution in [2.24, 2.45) is 0 Å². The predicted octanol–water partition coefficient (Wildman–Crippen LogP) is 2.99. The van der Waals surface area contributed by atoms with Gasteiger partial charge in [-0.2, -0.15) is 0 Å². The highest BCUT2D eigenvalue weighted by atomic mass is 79.9. The van der Waals surface area contributed by atoms with Gasteiger partial charge in [0.25, 0.3) is 5.91 Å². The molecule has 0 saturated carbocycles. The van der Waals surface area contributed by atoms with Crippen molar-refractivity contribution in [1.29, 1.82) is 0 Å². The minimum Gasteiger partial charge on any atom is -0.481 e. The zero-order valence-corrected chi connectivity index (χ0v) is 12.0. The van der Waals surface area contributed by atoms with Crippen molar-refractivity contribution < 1.29 is 19.1 Å². The first-order chi connectivity index (χ1) is 9.56. The smallest absolute Gasteiger partial charge is 0.305 e. The molecular weight excluding hydrogens is 326 g/mol. The third-order valence-electron chi connectivity index (χ3n) is 2.70. The molecule has 1 heterocycles. The van der Waals surface area contributed by atoms with E-state index in [1.807, 2.05) is 0 Å². The summed E-state index contributed by atoms with van der Waals surface area (Å²) >= 11 is 3.31. The van der Waals surface area contributed by atoms with Gasteiger partial charge < -0.3 is 14.8 Å². The molecule has 6 heteroatoms. The number of nitrogens with one attached hydrogen (secondary N) is 1. The maximum absolute atomic E-state index is 11.9. The highest BCUT2D eigenvalue weighted by molar-refractivity contribution is 9.10. The van der Waals surface area contributed by atoms with E-state index in [0.717, 1.165) is 10.0 Å². The summed E-state index contributed by atoms with van der Waals surface area (Å²) in [5.74, 6) is -1.28. The standard InChI is InChI=1S/C14H12BrNO4/c15-10-5-3-9(4-6-10)11(8-13(17)18)16-14(19)12-2-1-7-20-12/h1-7,11H,8H2,(H,16,19)(H,17,18). The molecule has 20 heavy (non-hydrogen) atoms. The number of carbonyl (C=O) groups is 2. The van der Waals surface area contributed by atoms with Crippen molar-refractivity contribution in [3.8, 4) is 0 Å². The van der Waals surface area contributed by atoms with Crippen molar-refractivity contribution in [2.75, 3.05) is 0 Å². The van der Waals surface area contributed by atoms with E-state index in [2.05, 4.69) is 21.2 Å². The average molecular weight is 338 g/mol. The van der Waals surface area contributed by atoms with Gasteiger partial charge in [0, 0.05) is 4.47 Å². The lowest BCUT2D eigenvalue weighted by molar-refractivity contribution is -0.137. The quantitative estimate of drug-likeness (QED) is 0.878. The van der Waals surface area contributed by atoms with E-state index in [4.69, 9.17) is 9.52 Å². The first-order valence-electron chi connectivity index (χ1n) is 5.88. The topological polar surface area (TPSA) is 79.5 Å². The van der Waals surface area contributed by atoms with Crippen LogP contribution in [-0.4, -0.2) is 17.0 Å². The number of benzene rings is 1. The number of hydrogen-bond acceptors (Lipinski definition) is 3. The van der Waals surface area contributed by atoms with E-state index in [1.165, 1.54) is 12.3 Å². The number of halogens is 1. The van der Waals surface area contributed by atoms with Gasteiger partial charge in [-0.1, -0.05) is 28.1 Å². The fourth-order valence-electron chi connectivity index (χ4n) is 1.76. The summed E-state index contributed by atoms with van der Waals surface area (Å²) in [6, 6.07) is 9.63. The van der Waals surface area contributed by atoms with Gasteiger partial charge in [0.1, 0.15) is 0 Å². The Kier molecular flexibility index (Phi) is 4.57. The normalized spacial score (nSPS) is 11.8. The van der Waals surface area contributed by atoms with Crippen LogP contribution in [0.3, 0.4) is 0 Å². The van der Waals surface area contributed by atoms with Crippen LogP contribution in [0.15, 0.2) is 51.6 Å². The molecule has 104 valence electrons. The summed E-state index contributed by atoms with van der Waals surface area (Å²) in [6.07, 6.45) is 1.19. The molecule has 1 atom stereocenters. The second kappa shape index (κ2) is 6.38. The molecule has 0 bridgehead atoms. The number of aliphatic carboxylic acids is 1. The van der Waals surface area contributed by atoms with E-state index in [9.17, 15) is 9.59 Å². The van der Waals surface area contributed by atoms with Crippen LogP contribution in [-0.2, 0) is 4.79 Å². The van der Waals surface area contributed by atoms with E-state index in [-0.39, 0.29) is 12.2 Å². The van der Waals surface area contributed by atoms with Crippen molar-refractivity contribution >= 4 is 27.8 Å².